The number of carboxylic acid groups (broad SMARTS) is 1. The van der Waals surface area contributed by atoms with Crippen molar-refractivity contribution in [2.24, 2.45) is 7.05 Å². The molecule has 11 nitrogen and oxygen atoms in total. The zero-order chi connectivity index (χ0) is 24.4. The second kappa shape index (κ2) is 9.54. The maximum absolute atomic E-state index is 13.3. The largest absolute Gasteiger partial charge is 0.465 e. The van der Waals surface area contributed by atoms with Crippen molar-refractivity contribution in [1.82, 2.24) is 24.7 Å². The van der Waals surface area contributed by atoms with Gasteiger partial charge in [-0.25, -0.2) is 19.5 Å². The third kappa shape index (κ3) is 4.45. The van der Waals surface area contributed by atoms with Gasteiger partial charge in [-0.15, -0.1) is 0 Å². The van der Waals surface area contributed by atoms with Gasteiger partial charge < -0.3 is 25.2 Å². The zero-order valence-corrected chi connectivity index (χ0v) is 19.2. The number of hydrogen-bond donors (Lipinski definition) is 3. The molecule has 1 aromatic carbocycles. The number of imide groups is 1. The Morgan fingerprint density at radius 1 is 1.24 bits per heavy atom. The molecule has 0 unspecified atom stereocenters. The van der Waals surface area contributed by atoms with Gasteiger partial charge in [0.1, 0.15) is 12.4 Å². The number of imidazole rings is 1. The number of aromatic nitrogens is 2. The van der Waals surface area contributed by atoms with Crippen molar-refractivity contribution in [2.75, 3.05) is 25.5 Å². The van der Waals surface area contributed by atoms with Crippen molar-refractivity contribution in [3.05, 3.63) is 47.5 Å². The van der Waals surface area contributed by atoms with E-state index in [2.05, 4.69) is 15.6 Å². The first-order valence-corrected chi connectivity index (χ1v) is 11.2. The van der Waals surface area contributed by atoms with Gasteiger partial charge in [-0.1, -0.05) is 6.07 Å². The molecule has 2 aliphatic rings. The van der Waals surface area contributed by atoms with Crippen LogP contribution in [0.15, 0.2) is 30.6 Å². The Hall–Kier alpha value is -3.89. The molecule has 34 heavy (non-hydrogen) atoms. The number of fused-ring (bicyclic) bond motifs is 1. The number of anilines is 1. The van der Waals surface area contributed by atoms with Gasteiger partial charge in [0, 0.05) is 38.7 Å². The number of carbonyl (C=O) groups is 4. The highest BCUT2D eigenvalue weighted by Gasteiger charge is 2.38. The minimum Gasteiger partial charge on any atom is -0.465 e. The van der Waals surface area contributed by atoms with E-state index in [0.717, 1.165) is 29.8 Å². The maximum Gasteiger partial charge on any atom is 0.414 e. The Bertz CT molecular complexity index is 1130. The highest BCUT2D eigenvalue weighted by molar-refractivity contribution is 5.99. The summed E-state index contributed by atoms with van der Waals surface area (Å²) in [4.78, 5) is 56.5. The van der Waals surface area contributed by atoms with Gasteiger partial charge in [-0.2, -0.15) is 0 Å². The predicted molar refractivity (Wildman–Crippen MR) is 122 cm³/mol. The molecule has 5 amide bonds. The molecule has 1 saturated heterocycles. The van der Waals surface area contributed by atoms with E-state index in [0.29, 0.717) is 30.0 Å². The van der Waals surface area contributed by atoms with E-state index >= 15 is 0 Å². The third-order valence-corrected chi connectivity index (χ3v) is 6.52. The van der Waals surface area contributed by atoms with Gasteiger partial charge in [0.25, 0.3) is 0 Å². The van der Waals surface area contributed by atoms with Gasteiger partial charge >= 0.3 is 12.1 Å². The fraction of sp³-hybridized carbons (Fsp3) is 0.435. The minimum absolute atomic E-state index is 0.239. The molecule has 4 rings (SSSR count). The van der Waals surface area contributed by atoms with Crippen molar-refractivity contribution < 1.29 is 24.3 Å². The third-order valence-electron chi connectivity index (χ3n) is 6.52. The van der Waals surface area contributed by atoms with Crippen LogP contribution in [0.25, 0.3) is 0 Å². The number of benzene rings is 1. The van der Waals surface area contributed by atoms with Crippen LogP contribution in [0.1, 0.15) is 48.2 Å². The molecule has 2 heterocycles. The van der Waals surface area contributed by atoms with E-state index < -0.39 is 30.4 Å². The fourth-order valence-electron chi connectivity index (χ4n) is 4.83. The summed E-state index contributed by atoms with van der Waals surface area (Å²) < 4.78 is 1.85. The molecule has 1 aliphatic heterocycles. The van der Waals surface area contributed by atoms with Crippen LogP contribution >= 0.6 is 0 Å². The molecule has 2 atom stereocenters. The van der Waals surface area contributed by atoms with Gasteiger partial charge in [-0.3, -0.25) is 9.59 Å². The molecule has 1 aromatic heterocycles. The van der Waals surface area contributed by atoms with Gasteiger partial charge in [0.2, 0.25) is 11.8 Å². The first kappa shape index (κ1) is 23.3. The number of rotatable bonds is 5. The van der Waals surface area contributed by atoms with Crippen molar-refractivity contribution >= 4 is 29.6 Å². The number of likely N-dealkylation sites (tertiary alicyclic amines) is 1. The van der Waals surface area contributed by atoms with Gasteiger partial charge in [0.15, 0.2) is 0 Å². The molecule has 11 heteroatoms. The maximum atomic E-state index is 13.3. The van der Waals surface area contributed by atoms with E-state index in [9.17, 15) is 24.3 Å². The topological polar surface area (TPSA) is 137 Å². The van der Waals surface area contributed by atoms with E-state index in [4.69, 9.17) is 0 Å². The van der Waals surface area contributed by atoms with E-state index in [1.165, 1.54) is 7.05 Å². The lowest BCUT2D eigenvalue weighted by Crippen LogP contribution is -2.46. The summed E-state index contributed by atoms with van der Waals surface area (Å²) in [6.07, 6.45) is 4.55. The molecule has 3 N–H and O–H groups in total. The lowest BCUT2D eigenvalue weighted by molar-refractivity contribution is -0.140. The summed E-state index contributed by atoms with van der Waals surface area (Å²) >= 11 is 0. The lowest BCUT2D eigenvalue weighted by atomic mass is 9.99. The van der Waals surface area contributed by atoms with Crippen LogP contribution < -0.4 is 10.6 Å². The molecule has 0 saturated carbocycles. The average Bonchev–Trinajstić information content (AvgIpc) is 3.55. The predicted octanol–water partition coefficient (Wildman–Crippen LogP) is 2.07. The van der Waals surface area contributed by atoms with E-state index in [1.54, 1.807) is 35.5 Å². The Morgan fingerprint density at radius 2 is 2.03 bits per heavy atom. The van der Waals surface area contributed by atoms with Crippen molar-refractivity contribution in [2.45, 2.75) is 37.6 Å². The highest BCUT2D eigenvalue weighted by atomic mass is 16.4. The monoisotopic (exact) mass is 468 g/mol. The van der Waals surface area contributed by atoms with Crippen molar-refractivity contribution in [3.8, 4) is 0 Å². The standard InChI is InChI=1S/C23H28N6O5/c1-24-22(32)26-15-6-8-16-14(12-15)5-7-17(16)21(31)29(23(33)34)13-19(30)28-10-3-4-18(28)20-25-9-11-27(20)2/h6,8-9,11-12,17-18H,3-5,7,10,13H2,1-2H3,(H,33,34)(H2,24,26,32)/t17-,18-/m0/s1. The summed E-state index contributed by atoms with van der Waals surface area (Å²) in [6.45, 7) is -0.0391. The molecule has 2 aromatic rings. The lowest BCUT2D eigenvalue weighted by Gasteiger charge is -2.27. The summed E-state index contributed by atoms with van der Waals surface area (Å²) in [5.41, 5.74) is 2.18. The van der Waals surface area contributed by atoms with Crippen LogP contribution in [0.4, 0.5) is 15.3 Å². The Kier molecular flexibility index (Phi) is 6.53. The molecule has 0 bridgehead atoms. The molecule has 0 spiro atoms. The van der Waals surface area contributed by atoms with Crippen LogP contribution in [-0.4, -0.2) is 68.5 Å². The molecule has 0 radical (unpaired) electrons. The molecular weight excluding hydrogens is 440 g/mol. The minimum atomic E-state index is -1.45. The molecule has 1 aliphatic carbocycles. The molecule has 1 fully saturated rings. The van der Waals surface area contributed by atoms with Crippen molar-refractivity contribution in [3.63, 3.8) is 0 Å². The Labute approximate surface area is 196 Å². The van der Waals surface area contributed by atoms with Gasteiger partial charge in [0.05, 0.1) is 12.0 Å². The molecule has 180 valence electrons. The van der Waals surface area contributed by atoms with Crippen LogP contribution in [0.2, 0.25) is 0 Å². The van der Waals surface area contributed by atoms with Crippen LogP contribution in [0, 0.1) is 0 Å². The highest BCUT2D eigenvalue weighted by Crippen LogP contribution is 2.36. The van der Waals surface area contributed by atoms with E-state index in [-0.39, 0.29) is 12.1 Å². The number of hydrogen-bond acceptors (Lipinski definition) is 5. The van der Waals surface area contributed by atoms with Crippen LogP contribution in [0.3, 0.4) is 0 Å². The number of nitrogens with one attached hydrogen (secondary N) is 2. The summed E-state index contributed by atoms with van der Waals surface area (Å²) in [5.74, 6) is -0.939. The second-order valence-corrected chi connectivity index (χ2v) is 8.56. The number of carbonyl (C=O) groups excluding carboxylic acids is 3. The number of nitrogens with zero attached hydrogens (tertiary/aromatic N) is 4. The average molecular weight is 469 g/mol. The summed E-state index contributed by atoms with van der Waals surface area (Å²) in [5, 5.41) is 14.9. The normalized spacial score (nSPS) is 18.9. The first-order chi connectivity index (χ1) is 16.3. The summed E-state index contributed by atoms with van der Waals surface area (Å²) in [7, 11) is 3.36. The second-order valence-electron chi connectivity index (χ2n) is 8.56. The first-order valence-electron chi connectivity index (χ1n) is 11.2. The number of urea groups is 1. The quantitative estimate of drug-likeness (QED) is 0.614. The van der Waals surface area contributed by atoms with Crippen LogP contribution in [0.5, 0.6) is 0 Å². The smallest absolute Gasteiger partial charge is 0.414 e. The van der Waals surface area contributed by atoms with Crippen LogP contribution in [-0.2, 0) is 23.1 Å². The van der Waals surface area contributed by atoms with Crippen molar-refractivity contribution in [1.29, 1.82) is 0 Å². The number of aryl methyl sites for hydroxylation is 2. The number of amides is 5. The Morgan fingerprint density at radius 3 is 2.71 bits per heavy atom. The van der Waals surface area contributed by atoms with E-state index in [1.807, 2.05) is 11.6 Å². The molecular formula is C23H28N6O5. The fourth-order valence-corrected chi connectivity index (χ4v) is 4.83. The Balaban J connectivity index is 1.49. The van der Waals surface area contributed by atoms with Gasteiger partial charge in [-0.05, 0) is 48.9 Å². The zero-order valence-electron chi connectivity index (χ0n) is 19.2. The SMILES string of the molecule is CNC(=O)Nc1ccc2c(c1)CC[C@@H]2C(=O)N(CC(=O)N1CCC[C@H]1c1nccn1C)C(=O)O. The summed E-state index contributed by atoms with van der Waals surface area (Å²) in [6, 6.07) is 4.60.